The number of aliphatic hydroxyl groups is 2. The molecule has 0 amide bonds. The van der Waals surface area contributed by atoms with Gasteiger partial charge in [0.2, 0.25) is 11.5 Å². The first kappa shape index (κ1) is 27.1. The Morgan fingerprint density at radius 2 is 0.952 bits per heavy atom. The summed E-state index contributed by atoms with van der Waals surface area (Å²) in [5.41, 5.74) is 0.837. The van der Waals surface area contributed by atoms with Gasteiger partial charge in [0.15, 0.2) is 46.7 Å². The molecule has 9 N–H and O–H groups in total. The predicted molar refractivity (Wildman–Crippen MR) is 143 cm³/mol. The van der Waals surface area contributed by atoms with Gasteiger partial charge in [0, 0.05) is 11.1 Å². The Kier molecular flexibility index (Phi) is 6.53. The molecule has 42 heavy (non-hydrogen) atoms. The molecule has 218 valence electrons. The fourth-order valence-electron chi connectivity index (χ4n) is 5.30. The van der Waals surface area contributed by atoms with Crippen LogP contribution in [0.4, 0.5) is 0 Å². The minimum absolute atomic E-state index is 0.0333. The molecule has 0 bridgehead atoms. The average molecular weight is 579 g/mol. The third-order valence-corrected chi connectivity index (χ3v) is 7.47. The van der Waals surface area contributed by atoms with E-state index in [1.165, 1.54) is 60.7 Å². The number of aromatic hydroxyl groups is 7. The quantitative estimate of drug-likeness (QED) is 0.160. The van der Waals surface area contributed by atoms with Crippen molar-refractivity contribution in [2.75, 3.05) is 0 Å². The first-order valence-corrected chi connectivity index (χ1v) is 12.8. The summed E-state index contributed by atoms with van der Waals surface area (Å²) in [5, 5.41) is 94.3. The van der Waals surface area contributed by atoms with Crippen molar-refractivity contribution in [1.82, 2.24) is 0 Å². The topological polar surface area (TPSA) is 210 Å². The molecule has 0 aromatic heterocycles. The molecule has 0 aliphatic carbocycles. The molecule has 0 saturated carbocycles. The Morgan fingerprint density at radius 3 is 1.45 bits per heavy atom. The number of phenolic OH excluding ortho intramolecular Hbond substituents is 7. The lowest BCUT2D eigenvalue weighted by molar-refractivity contribution is -0.175. The summed E-state index contributed by atoms with van der Waals surface area (Å²) >= 11 is 0. The van der Waals surface area contributed by atoms with Crippen molar-refractivity contribution in [3.05, 3.63) is 89.0 Å². The van der Waals surface area contributed by atoms with Crippen LogP contribution in [0.25, 0.3) is 0 Å². The van der Waals surface area contributed by atoms with Gasteiger partial charge in [-0.2, -0.15) is 0 Å². The van der Waals surface area contributed by atoms with Crippen molar-refractivity contribution < 1.29 is 60.2 Å². The van der Waals surface area contributed by atoms with E-state index in [0.717, 1.165) is 6.07 Å². The van der Waals surface area contributed by atoms with E-state index in [4.69, 9.17) is 14.2 Å². The lowest BCUT2D eigenvalue weighted by Gasteiger charge is -2.42. The van der Waals surface area contributed by atoms with Gasteiger partial charge in [-0.3, -0.25) is 0 Å². The fourth-order valence-corrected chi connectivity index (χ4v) is 5.30. The maximum absolute atomic E-state index is 11.6. The lowest BCUT2D eigenvalue weighted by Crippen LogP contribution is -2.41. The predicted octanol–water partition coefficient (Wildman–Crippen LogP) is 3.41. The van der Waals surface area contributed by atoms with Gasteiger partial charge < -0.3 is 60.2 Å². The summed E-state index contributed by atoms with van der Waals surface area (Å²) in [6.07, 6.45) is -8.12. The summed E-state index contributed by atoms with van der Waals surface area (Å²) < 4.78 is 18.2. The largest absolute Gasteiger partial charge is 0.508 e. The van der Waals surface area contributed by atoms with Gasteiger partial charge in [0.05, 0.1) is 0 Å². The number of phenols is 7. The SMILES string of the molecule is Oc1ccc([C@H]2Oc3c(ccc(O)c3O)[C@H](O[C@H]3c4ccc(O)c(O)c4O[C@H](c4ccc(O)c(O)c4)C3O)C2O)cc1. The van der Waals surface area contributed by atoms with Crippen LogP contribution in [-0.2, 0) is 4.74 Å². The average Bonchev–Trinajstić information content (AvgIpc) is 2.97. The van der Waals surface area contributed by atoms with E-state index in [1.807, 2.05) is 0 Å². The van der Waals surface area contributed by atoms with Gasteiger partial charge in [-0.15, -0.1) is 0 Å². The number of fused-ring (bicyclic) bond motifs is 2. The molecule has 6 rings (SSSR count). The van der Waals surface area contributed by atoms with Gasteiger partial charge >= 0.3 is 0 Å². The highest BCUT2D eigenvalue weighted by atomic mass is 16.6. The summed E-state index contributed by atoms with van der Waals surface area (Å²) in [5.74, 6) is -3.60. The van der Waals surface area contributed by atoms with Gasteiger partial charge in [-0.05, 0) is 59.7 Å². The number of benzene rings is 4. The van der Waals surface area contributed by atoms with Crippen LogP contribution in [0, 0.1) is 0 Å². The van der Waals surface area contributed by atoms with Crippen LogP contribution < -0.4 is 9.47 Å². The zero-order valence-electron chi connectivity index (χ0n) is 21.6. The molecule has 0 spiro atoms. The second-order valence-corrected chi connectivity index (χ2v) is 10.1. The highest BCUT2D eigenvalue weighted by Crippen LogP contribution is 2.55. The molecule has 2 aliphatic rings. The first-order chi connectivity index (χ1) is 20.0. The molecule has 6 atom stereocenters. The molecule has 2 unspecified atom stereocenters. The standard InChI is InChI=1S/C30H26O12/c31-14-4-1-12(2-5-14)25-23(38)29(15-6-9-18(33)21(36)27(15)40-25)42-30-16-7-10-19(34)22(37)28(16)41-26(24(30)39)13-3-8-17(32)20(35)11-13/h1-11,23-26,29-39H/t23?,24?,25-,26-,29+,30+/m1/s1. The van der Waals surface area contributed by atoms with E-state index >= 15 is 0 Å². The third kappa shape index (κ3) is 4.38. The zero-order chi connectivity index (χ0) is 29.9. The number of rotatable bonds is 4. The Balaban J connectivity index is 1.46. The van der Waals surface area contributed by atoms with Crippen molar-refractivity contribution in [2.45, 2.75) is 36.6 Å². The molecule has 0 saturated heterocycles. The van der Waals surface area contributed by atoms with Crippen LogP contribution in [-0.4, -0.2) is 58.2 Å². The Hall–Kier alpha value is -5.04. The first-order valence-electron chi connectivity index (χ1n) is 12.8. The van der Waals surface area contributed by atoms with Crippen LogP contribution in [0.5, 0.6) is 51.7 Å². The Bertz CT molecular complexity index is 1650. The molecular weight excluding hydrogens is 552 g/mol. The van der Waals surface area contributed by atoms with E-state index in [9.17, 15) is 46.0 Å². The van der Waals surface area contributed by atoms with Crippen molar-refractivity contribution in [2.24, 2.45) is 0 Å². The summed E-state index contributed by atoms with van der Waals surface area (Å²) in [7, 11) is 0. The number of ether oxygens (including phenoxy) is 3. The molecule has 12 nitrogen and oxygen atoms in total. The van der Waals surface area contributed by atoms with E-state index in [2.05, 4.69) is 0 Å². The second kappa shape index (κ2) is 10.1. The maximum Gasteiger partial charge on any atom is 0.200 e. The van der Waals surface area contributed by atoms with E-state index in [-0.39, 0.29) is 33.9 Å². The van der Waals surface area contributed by atoms with Crippen LogP contribution in [0.2, 0.25) is 0 Å². The monoisotopic (exact) mass is 578 g/mol. The van der Waals surface area contributed by atoms with Gasteiger partial charge in [0.25, 0.3) is 0 Å². The molecule has 4 aromatic carbocycles. The Labute approximate surface area is 237 Å². The number of hydrogen-bond acceptors (Lipinski definition) is 12. The molecule has 0 radical (unpaired) electrons. The van der Waals surface area contributed by atoms with Crippen LogP contribution in [0.1, 0.15) is 46.7 Å². The van der Waals surface area contributed by atoms with Crippen LogP contribution in [0.15, 0.2) is 66.7 Å². The maximum atomic E-state index is 11.6. The van der Waals surface area contributed by atoms with Gasteiger partial charge in [-0.1, -0.05) is 18.2 Å². The number of aliphatic hydroxyl groups excluding tert-OH is 2. The normalized spacial score (nSPS) is 24.6. The smallest absolute Gasteiger partial charge is 0.200 e. The van der Waals surface area contributed by atoms with E-state index in [1.54, 1.807) is 0 Å². The second-order valence-electron chi connectivity index (χ2n) is 10.1. The number of hydrogen-bond donors (Lipinski definition) is 9. The highest BCUT2D eigenvalue weighted by molar-refractivity contribution is 5.58. The lowest BCUT2D eigenvalue weighted by atomic mass is 9.89. The summed E-state index contributed by atoms with van der Waals surface area (Å²) in [6, 6.07) is 14.6. The van der Waals surface area contributed by atoms with Crippen molar-refractivity contribution >= 4 is 0 Å². The van der Waals surface area contributed by atoms with Crippen molar-refractivity contribution in [1.29, 1.82) is 0 Å². The fraction of sp³-hybridized carbons (Fsp3) is 0.200. The third-order valence-electron chi connectivity index (χ3n) is 7.47. The van der Waals surface area contributed by atoms with E-state index in [0.29, 0.717) is 5.56 Å². The van der Waals surface area contributed by atoms with Crippen molar-refractivity contribution in [3.8, 4) is 51.7 Å². The van der Waals surface area contributed by atoms with Gasteiger partial charge in [-0.25, -0.2) is 0 Å². The Morgan fingerprint density at radius 1 is 0.500 bits per heavy atom. The molecule has 2 heterocycles. The molecule has 2 aliphatic heterocycles. The summed E-state index contributed by atoms with van der Waals surface area (Å²) in [4.78, 5) is 0. The van der Waals surface area contributed by atoms with Crippen LogP contribution in [0.3, 0.4) is 0 Å². The minimum Gasteiger partial charge on any atom is -0.508 e. The minimum atomic E-state index is -1.54. The van der Waals surface area contributed by atoms with Crippen molar-refractivity contribution in [3.63, 3.8) is 0 Å². The zero-order valence-corrected chi connectivity index (χ0v) is 21.6. The molecular formula is C30H26O12. The molecule has 4 aromatic rings. The molecule has 0 fully saturated rings. The van der Waals surface area contributed by atoms with Crippen LogP contribution >= 0.6 is 0 Å². The summed E-state index contributed by atoms with van der Waals surface area (Å²) in [6.45, 7) is 0. The van der Waals surface area contributed by atoms with Gasteiger partial charge in [0.1, 0.15) is 30.2 Å². The highest BCUT2D eigenvalue weighted by Gasteiger charge is 2.47. The van der Waals surface area contributed by atoms with E-state index < -0.39 is 71.1 Å². The molecule has 12 heteroatoms.